The number of pyridine rings is 1. The number of benzene rings is 2. The molecule has 0 aliphatic heterocycles. The molecule has 2 aromatic carbocycles. The monoisotopic (exact) mass is 274 g/mol. The SMILES string of the molecule is Cc1ccc(Cc2cccc(-c3ccccc3)c2)c(N)n1. The molecule has 21 heavy (non-hydrogen) atoms. The zero-order chi connectivity index (χ0) is 14.7. The van der Waals surface area contributed by atoms with Crippen LogP contribution in [0.3, 0.4) is 0 Å². The molecule has 1 aromatic heterocycles. The van der Waals surface area contributed by atoms with Crippen molar-refractivity contribution in [3.8, 4) is 11.1 Å². The van der Waals surface area contributed by atoms with Gasteiger partial charge in [0.25, 0.3) is 0 Å². The molecule has 0 fully saturated rings. The van der Waals surface area contributed by atoms with E-state index in [1.54, 1.807) is 0 Å². The van der Waals surface area contributed by atoms with Crippen molar-refractivity contribution in [2.45, 2.75) is 13.3 Å². The van der Waals surface area contributed by atoms with Crippen LogP contribution >= 0.6 is 0 Å². The molecular formula is C19H18N2. The summed E-state index contributed by atoms with van der Waals surface area (Å²) in [4.78, 5) is 4.33. The Kier molecular flexibility index (Phi) is 3.69. The molecule has 1 heterocycles. The zero-order valence-corrected chi connectivity index (χ0v) is 12.1. The maximum absolute atomic E-state index is 6.01. The molecule has 3 rings (SSSR count). The standard InChI is InChI=1S/C19H18N2/c1-14-10-11-18(19(20)21-14)13-15-6-5-9-17(12-15)16-7-3-2-4-8-16/h2-12H,13H2,1H3,(H2,20,21). The largest absolute Gasteiger partial charge is 0.383 e. The topological polar surface area (TPSA) is 38.9 Å². The van der Waals surface area contributed by atoms with E-state index in [1.807, 2.05) is 19.1 Å². The van der Waals surface area contributed by atoms with Gasteiger partial charge in [-0.3, -0.25) is 0 Å². The van der Waals surface area contributed by atoms with Gasteiger partial charge in [0, 0.05) is 12.1 Å². The van der Waals surface area contributed by atoms with Gasteiger partial charge in [0.2, 0.25) is 0 Å². The summed E-state index contributed by atoms with van der Waals surface area (Å²) >= 11 is 0. The van der Waals surface area contributed by atoms with Crippen LogP contribution in [0.25, 0.3) is 11.1 Å². The number of aryl methyl sites for hydroxylation is 1. The summed E-state index contributed by atoms with van der Waals surface area (Å²) in [6, 6.07) is 23.0. The predicted octanol–water partition coefficient (Wildman–Crippen LogP) is 4.23. The molecule has 0 radical (unpaired) electrons. The second-order valence-corrected chi connectivity index (χ2v) is 5.24. The van der Waals surface area contributed by atoms with Crippen molar-refractivity contribution in [3.05, 3.63) is 83.6 Å². The zero-order valence-electron chi connectivity index (χ0n) is 12.1. The highest BCUT2D eigenvalue weighted by molar-refractivity contribution is 5.64. The molecule has 0 atom stereocenters. The van der Waals surface area contributed by atoms with Crippen LogP contribution in [0, 0.1) is 6.92 Å². The normalized spacial score (nSPS) is 10.5. The molecule has 2 nitrogen and oxygen atoms in total. The van der Waals surface area contributed by atoms with Gasteiger partial charge in [-0.15, -0.1) is 0 Å². The van der Waals surface area contributed by atoms with Gasteiger partial charge >= 0.3 is 0 Å². The first-order chi connectivity index (χ1) is 10.2. The summed E-state index contributed by atoms with van der Waals surface area (Å²) < 4.78 is 0. The van der Waals surface area contributed by atoms with Gasteiger partial charge in [0.15, 0.2) is 0 Å². The van der Waals surface area contributed by atoms with Gasteiger partial charge in [-0.25, -0.2) is 4.98 Å². The third kappa shape index (κ3) is 3.11. The maximum atomic E-state index is 6.01. The van der Waals surface area contributed by atoms with E-state index in [0.717, 1.165) is 17.7 Å². The highest BCUT2D eigenvalue weighted by Gasteiger charge is 2.04. The van der Waals surface area contributed by atoms with E-state index in [1.165, 1.54) is 16.7 Å². The smallest absolute Gasteiger partial charge is 0.127 e. The molecule has 0 aliphatic rings. The molecule has 0 bridgehead atoms. The summed E-state index contributed by atoms with van der Waals surface area (Å²) in [7, 11) is 0. The Labute approximate surface area is 125 Å². The second-order valence-electron chi connectivity index (χ2n) is 5.24. The average molecular weight is 274 g/mol. The minimum atomic E-state index is 0.625. The lowest BCUT2D eigenvalue weighted by Gasteiger charge is -2.08. The van der Waals surface area contributed by atoms with Crippen LogP contribution in [0.15, 0.2) is 66.7 Å². The average Bonchev–Trinajstić information content (AvgIpc) is 2.51. The fourth-order valence-corrected chi connectivity index (χ4v) is 2.47. The van der Waals surface area contributed by atoms with E-state index in [-0.39, 0.29) is 0 Å². The Balaban J connectivity index is 1.90. The molecule has 3 aromatic rings. The van der Waals surface area contributed by atoms with Gasteiger partial charge in [-0.2, -0.15) is 0 Å². The summed E-state index contributed by atoms with van der Waals surface area (Å²) in [6.07, 6.45) is 0.805. The number of hydrogen-bond acceptors (Lipinski definition) is 2. The Morgan fingerprint density at radius 2 is 1.62 bits per heavy atom. The van der Waals surface area contributed by atoms with Gasteiger partial charge in [0.05, 0.1) is 0 Å². The van der Waals surface area contributed by atoms with Gasteiger partial charge in [0.1, 0.15) is 5.82 Å². The predicted molar refractivity (Wildman–Crippen MR) is 88.1 cm³/mol. The number of nitrogen functional groups attached to an aromatic ring is 1. The Morgan fingerprint density at radius 3 is 2.38 bits per heavy atom. The fourth-order valence-electron chi connectivity index (χ4n) is 2.47. The number of hydrogen-bond donors (Lipinski definition) is 1. The number of anilines is 1. The molecule has 0 saturated heterocycles. The minimum Gasteiger partial charge on any atom is -0.383 e. The van der Waals surface area contributed by atoms with Gasteiger partial charge < -0.3 is 5.73 Å². The van der Waals surface area contributed by atoms with E-state index in [4.69, 9.17) is 5.73 Å². The fraction of sp³-hybridized carbons (Fsp3) is 0.105. The molecular weight excluding hydrogens is 256 g/mol. The van der Waals surface area contributed by atoms with Crippen molar-refractivity contribution in [1.82, 2.24) is 4.98 Å². The van der Waals surface area contributed by atoms with Crippen LogP contribution in [0.2, 0.25) is 0 Å². The number of nitrogens with two attached hydrogens (primary N) is 1. The lowest BCUT2D eigenvalue weighted by Crippen LogP contribution is -2.00. The van der Waals surface area contributed by atoms with Crippen molar-refractivity contribution in [2.75, 3.05) is 5.73 Å². The van der Waals surface area contributed by atoms with Crippen LogP contribution < -0.4 is 5.73 Å². The van der Waals surface area contributed by atoms with Gasteiger partial charge in [-0.1, -0.05) is 60.7 Å². The first-order valence-electron chi connectivity index (χ1n) is 7.09. The third-order valence-electron chi connectivity index (χ3n) is 3.58. The molecule has 2 heteroatoms. The quantitative estimate of drug-likeness (QED) is 0.776. The highest BCUT2D eigenvalue weighted by atomic mass is 14.8. The second kappa shape index (κ2) is 5.80. The summed E-state index contributed by atoms with van der Waals surface area (Å²) in [5.74, 6) is 0.625. The molecule has 0 amide bonds. The summed E-state index contributed by atoms with van der Waals surface area (Å²) in [6.45, 7) is 1.95. The molecule has 104 valence electrons. The van der Waals surface area contributed by atoms with Crippen molar-refractivity contribution < 1.29 is 0 Å². The minimum absolute atomic E-state index is 0.625. The summed E-state index contributed by atoms with van der Waals surface area (Å²) in [5.41, 5.74) is 11.7. The summed E-state index contributed by atoms with van der Waals surface area (Å²) in [5, 5.41) is 0. The molecule has 0 spiro atoms. The van der Waals surface area contributed by atoms with E-state index < -0.39 is 0 Å². The van der Waals surface area contributed by atoms with Gasteiger partial charge in [-0.05, 0) is 35.2 Å². The van der Waals surface area contributed by atoms with Crippen molar-refractivity contribution in [1.29, 1.82) is 0 Å². The van der Waals surface area contributed by atoms with E-state index in [2.05, 4.69) is 59.6 Å². The van der Waals surface area contributed by atoms with E-state index >= 15 is 0 Å². The van der Waals surface area contributed by atoms with Crippen LogP contribution in [0.5, 0.6) is 0 Å². The molecule has 2 N–H and O–H groups in total. The molecule has 0 saturated carbocycles. The van der Waals surface area contributed by atoms with Crippen molar-refractivity contribution >= 4 is 5.82 Å². The van der Waals surface area contributed by atoms with Crippen LogP contribution in [-0.2, 0) is 6.42 Å². The number of rotatable bonds is 3. The molecule has 0 aliphatic carbocycles. The third-order valence-corrected chi connectivity index (χ3v) is 3.58. The van der Waals surface area contributed by atoms with E-state index in [9.17, 15) is 0 Å². The van der Waals surface area contributed by atoms with Crippen LogP contribution in [0.4, 0.5) is 5.82 Å². The lowest BCUT2D eigenvalue weighted by molar-refractivity contribution is 1.12. The number of aromatic nitrogens is 1. The van der Waals surface area contributed by atoms with Crippen LogP contribution in [0.1, 0.15) is 16.8 Å². The van der Waals surface area contributed by atoms with Crippen LogP contribution in [-0.4, -0.2) is 4.98 Å². The van der Waals surface area contributed by atoms with Crippen molar-refractivity contribution in [3.63, 3.8) is 0 Å². The highest BCUT2D eigenvalue weighted by Crippen LogP contribution is 2.22. The Bertz CT molecular complexity index is 749. The van der Waals surface area contributed by atoms with E-state index in [0.29, 0.717) is 5.82 Å². The molecule has 0 unspecified atom stereocenters. The lowest BCUT2D eigenvalue weighted by atomic mass is 9.99. The maximum Gasteiger partial charge on any atom is 0.127 e. The first-order valence-corrected chi connectivity index (χ1v) is 7.09. The Morgan fingerprint density at radius 1 is 0.857 bits per heavy atom. The number of nitrogens with zero attached hydrogens (tertiary/aromatic N) is 1. The van der Waals surface area contributed by atoms with Crippen molar-refractivity contribution in [2.24, 2.45) is 0 Å². The first kappa shape index (κ1) is 13.4. The Hall–Kier alpha value is -2.61.